The predicted molar refractivity (Wildman–Crippen MR) is 157 cm³/mol. The van der Waals surface area contributed by atoms with E-state index < -0.39 is 0 Å². The highest BCUT2D eigenvalue weighted by molar-refractivity contribution is 5.35. The highest BCUT2D eigenvalue weighted by atomic mass is 14.1. The van der Waals surface area contributed by atoms with Crippen molar-refractivity contribution in [2.75, 3.05) is 0 Å². The molecule has 0 bridgehead atoms. The summed E-state index contributed by atoms with van der Waals surface area (Å²) in [5.74, 6) is 0.335. The molecule has 180 valence electrons. The van der Waals surface area contributed by atoms with Crippen molar-refractivity contribution in [2.24, 2.45) is 5.92 Å². The molecule has 0 aromatic rings. The number of allylic oxidation sites excluding steroid dienone is 13. The van der Waals surface area contributed by atoms with E-state index in [4.69, 9.17) is 0 Å². The Labute approximate surface area is 199 Å². The Hall–Kier alpha value is -2.60. The maximum absolute atomic E-state index is 3.81. The van der Waals surface area contributed by atoms with E-state index in [0.29, 0.717) is 5.92 Å². The second kappa shape index (κ2) is 63.1. The van der Waals surface area contributed by atoms with Crippen LogP contribution in [0.1, 0.15) is 69.2 Å². The number of hydrogen-bond acceptors (Lipinski definition) is 0. The molecule has 0 saturated heterocycles. The Morgan fingerprint density at radius 1 is 0.548 bits per heavy atom. The highest BCUT2D eigenvalue weighted by Crippen LogP contribution is 2.22. The Bertz CT molecular complexity index is 440. The molecule has 0 N–H and O–H groups in total. The van der Waals surface area contributed by atoms with Crippen LogP contribution in [0.4, 0.5) is 0 Å². The monoisotopic (exact) mass is 428 g/mol. The average Bonchev–Trinajstić information content (AvgIpc) is 2.87. The van der Waals surface area contributed by atoms with E-state index in [2.05, 4.69) is 65.1 Å². The molecule has 0 nitrogen and oxygen atoms in total. The number of hydrogen-bond donors (Lipinski definition) is 0. The molecule has 0 aromatic carbocycles. The molecule has 1 atom stereocenters. The zero-order valence-corrected chi connectivity index (χ0v) is 22.9. The van der Waals surface area contributed by atoms with Gasteiger partial charge in [-0.2, -0.15) is 0 Å². The second-order valence-electron chi connectivity index (χ2n) is 4.15. The smallest absolute Gasteiger partial charge is 0.00575 e. The molecule has 0 aliphatic heterocycles. The first-order valence-corrected chi connectivity index (χ1v) is 11.4. The largest absolute Gasteiger partial charge is 0.0991 e. The van der Waals surface area contributed by atoms with Crippen molar-refractivity contribution in [1.29, 1.82) is 0 Å². The maximum Gasteiger partial charge on any atom is 0.00575 e. The van der Waals surface area contributed by atoms with Crippen molar-refractivity contribution in [2.45, 2.75) is 69.2 Å². The van der Waals surface area contributed by atoms with Crippen LogP contribution in [-0.4, -0.2) is 0 Å². The lowest BCUT2D eigenvalue weighted by molar-refractivity contribution is 0.846. The van der Waals surface area contributed by atoms with E-state index in [1.807, 2.05) is 80.5 Å². The van der Waals surface area contributed by atoms with Gasteiger partial charge >= 0.3 is 0 Å². The van der Waals surface area contributed by atoms with Gasteiger partial charge in [-0.25, -0.2) is 0 Å². The summed E-state index contributed by atoms with van der Waals surface area (Å²) in [4.78, 5) is 0. The van der Waals surface area contributed by atoms with Gasteiger partial charge in [0.1, 0.15) is 0 Å². The van der Waals surface area contributed by atoms with Crippen molar-refractivity contribution in [1.82, 2.24) is 0 Å². The van der Waals surface area contributed by atoms with Crippen molar-refractivity contribution >= 4 is 0 Å². The summed E-state index contributed by atoms with van der Waals surface area (Å²) in [7, 11) is 0. The fourth-order valence-corrected chi connectivity index (χ4v) is 1.39. The van der Waals surface area contributed by atoms with Crippen LogP contribution < -0.4 is 0 Å². The third-order valence-electron chi connectivity index (χ3n) is 2.64. The van der Waals surface area contributed by atoms with Gasteiger partial charge in [-0.15, -0.1) is 0 Å². The first-order chi connectivity index (χ1) is 15.0. The van der Waals surface area contributed by atoms with Crippen LogP contribution in [0.25, 0.3) is 0 Å². The van der Waals surface area contributed by atoms with Gasteiger partial charge in [0.05, 0.1) is 0 Å². The van der Waals surface area contributed by atoms with Crippen LogP contribution >= 0.6 is 0 Å². The van der Waals surface area contributed by atoms with Gasteiger partial charge in [-0.1, -0.05) is 175 Å². The first-order valence-electron chi connectivity index (χ1n) is 11.4. The molecule has 0 heteroatoms. The predicted octanol–water partition coefficient (Wildman–Crippen LogP) is 11.4. The summed E-state index contributed by atoms with van der Waals surface area (Å²) in [6, 6.07) is 0. The van der Waals surface area contributed by atoms with Crippen LogP contribution in [0, 0.1) is 5.92 Å². The highest BCUT2D eigenvalue weighted by Gasteiger charge is 2.07. The Morgan fingerprint density at radius 3 is 1.10 bits per heavy atom. The van der Waals surface area contributed by atoms with Gasteiger partial charge < -0.3 is 0 Å². The molecular formula is C31H56. The van der Waals surface area contributed by atoms with Crippen LogP contribution in [0.5, 0.6) is 0 Å². The summed E-state index contributed by atoms with van der Waals surface area (Å²) in [5.41, 5.74) is 2.43. The van der Waals surface area contributed by atoms with E-state index >= 15 is 0 Å². The molecule has 0 spiro atoms. The van der Waals surface area contributed by atoms with Crippen LogP contribution in [0.2, 0.25) is 0 Å². The molecule has 31 heavy (non-hydrogen) atoms. The topological polar surface area (TPSA) is 0 Å². The minimum atomic E-state index is 0.335. The quantitative estimate of drug-likeness (QED) is 0.337. The molecule has 0 heterocycles. The van der Waals surface area contributed by atoms with Crippen molar-refractivity contribution in [3.63, 3.8) is 0 Å². The van der Waals surface area contributed by atoms with Crippen LogP contribution in [-0.2, 0) is 0 Å². The molecule has 0 radical (unpaired) electrons. The molecule has 0 fully saturated rings. The summed E-state index contributed by atoms with van der Waals surface area (Å²) in [6.07, 6.45) is 20.1. The molecular weight excluding hydrogens is 372 g/mol. The molecule has 1 unspecified atom stereocenters. The molecule has 0 saturated carbocycles. The van der Waals surface area contributed by atoms with Crippen molar-refractivity contribution in [3.05, 3.63) is 124 Å². The SMILES string of the molecule is C=C/C=C\C(=C/C)C(C)/C(C=C)=C/C=C.C=CC=C.C=CC=C.CC.CC.CC.CC. The maximum atomic E-state index is 3.81. The van der Waals surface area contributed by atoms with E-state index in [1.54, 1.807) is 36.5 Å². The lowest BCUT2D eigenvalue weighted by atomic mass is 9.91. The van der Waals surface area contributed by atoms with E-state index in [-0.39, 0.29) is 0 Å². The average molecular weight is 429 g/mol. The standard InChI is InChI=1S/C15H20.2C4H6.4C2H6/c1-6-10-12-15(9-4)13(5)14(8-3)11-7-2;2*1-3-4-2;4*1-2/h6-13H,1-3H2,4-5H3;2*3-4H,1-2H2;4*1-2H3/b12-10-,14-11+,15-9+;;;;;;. The molecule has 0 aliphatic carbocycles. The third kappa shape index (κ3) is 52.2. The lowest BCUT2D eigenvalue weighted by Gasteiger charge is -2.13. The molecule has 0 amide bonds. The van der Waals surface area contributed by atoms with Gasteiger partial charge in [0.25, 0.3) is 0 Å². The molecule has 0 rings (SSSR count). The van der Waals surface area contributed by atoms with Gasteiger partial charge in [0.2, 0.25) is 0 Å². The van der Waals surface area contributed by atoms with Crippen molar-refractivity contribution in [3.8, 4) is 0 Å². The minimum Gasteiger partial charge on any atom is -0.0991 e. The zero-order valence-electron chi connectivity index (χ0n) is 22.9. The Kier molecular flexibility index (Phi) is 94.7. The fraction of sp³-hybridized carbons (Fsp3) is 0.355. The molecule has 0 aliphatic rings. The normalized spacial score (nSPS) is 9.35. The first kappa shape index (κ1) is 46.6. The van der Waals surface area contributed by atoms with Gasteiger partial charge in [-0.3, -0.25) is 0 Å². The van der Waals surface area contributed by atoms with E-state index in [9.17, 15) is 0 Å². The third-order valence-corrected chi connectivity index (χ3v) is 2.64. The van der Waals surface area contributed by atoms with Gasteiger partial charge in [0, 0.05) is 5.92 Å². The van der Waals surface area contributed by atoms with Gasteiger partial charge in [0.15, 0.2) is 0 Å². The van der Waals surface area contributed by atoms with Crippen molar-refractivity contribution < 1.29 is 0 Å². The minimum absolute atomic E-state index is 0.335. The summed E-state index contributed by atoms with van der Waals surface area (Å²) < 4.78 is 0. The zero-order chi connectivity index (χ0) is 26.5. The Balaban J connectivity index is -0.0000000593. The van der Waals surface area contributed by atoms with Gasteiger partial charge in [-0.05, 0) is 18.1 Å². The fourth-order valence-electron chi connectivity index (χ4n) is 1.39. The van der Waals surface area contributed by atoms with E-state index in [1.165, 1.54) is 11.1 Å². The second-order valence-corrected chi connectivity index (χ2v) is 4.15. The molecule has 0 aromatic heterocycles. The summed E-state index contributed by atoms with van der Waals surface area (Å²) in [6.45, 7) is 44.8. The summed E-state index contributed by atoms with van der Waals surface area (Å²) in [5, 5.41) is 0. The Morgan fingerprint density at radius 2 is 0.903 bits per heavy atom. The number of rotatable bonds is 8. The lowest BCUT2D eigenvalue weighted by Crippen LogP contribution is -1.99. The van der Waals surface area contributed by atoms with Crippen LogP contribution in [0.15, 0.2) is 124 Å². The van der Waals surface area contributed by atoms with E-state index in [0.717, 1.165) is 0 Å². The summed E-state index contributed by atoms with van der Waals surface area (Å²) >= 11 is 0. The van der Waals surface area contributed by atoms with Crippen LogP contribution in [0.3, 0.4) is 0 Å².